The maximum Gasteiger partial charge on any atom is 0.358 e. The zero-order valence-electron chi connectivity index (χ0n) is 10.4. The average Bonchev–Trinajstić information content (AvgIpc) is 2.39. The van der Waals surface area contributed by atoms with Gasteiger partial charge in [-0.2, -0.15) is 0 Å². The number of carbonyl (C=O) groups is 1. The van der Waals surface area contributed by atoms with Crippen LogP contribution in [0.5, 0.6) is 0 Å². The average molecular weight is 293 g/mol. The van der Waals surface area contributed by atoms with Crippen molar-refractivity contribution in [2.75, 3.05) is 4.72 Å². The summed E-state index contributed by atoms with van der Waals surface area (Å²) in [5, 5.41) is 8.95. The summed E-state index contributed by atoms with van der Waals surface area (Å²) in [6, 6.07) is 6.35. The molecule has 0 aliphatic carbocycles. The van der Waals surface area contributed by atoms with E-state index in [4.69, 9.17) is 5.11 Å². The first-order chi connectivity index (χ1) is 9.42. The maximum absolute atomic E-state index is 12.2. The lowest BCUT2D eigenvalue weighted by atomic mass is 10.2. The Morgan fingerprint density at radius 1 is 1.20 bits per heavy atom. The van der Waals surface area contributed by atoms with Gasteiger partial charge in [0, 0.05) is 12.4 Å². The molecule has 1 heterocycles. The van der Waals surface area contributed by atoms with Crippen LogP contribution in [0.25, 0.3) is 0 Å². The SMILES string of the molecule is Cc1ccccc1S(=O)(=O)Nc1nccnc1C(=O)O. The second kappa shape index (κ2) is 5.25. The summed E-state index contributed by atoms with van der Waals surface area (Å²) in [4.78, 5) is 18.3. The van der Waals surface area contributed by atoms with E-state index >= 15 is 0 Å². The Kier molecular flexibility index (Phi) is 3.66. The van der Waals surface area contributed by atoms with Gasteiger partial charge in [-0.05, 0) is 18.6 Å². The fourth-order valence-corrected chi connectivity index (χ4v) is 2.87. The Morgan fingerprint density at radius 3 is 2.50 bits per heavy atom. The van der Waals surface area contributed by atoms with Gasteiger partial charge in [0.1, 0.15) is 0 Å². The number of anilines is 1. The van der Waals surface area contributed by atoms with E-state index in [1.165, 1.54) is 18.5 Å². The minimum Gasteiger partial charge on any atom is -0.476 e. The van der Waals surface area contributed by atoms with Crippen LogP contribution in [0.4, 0.5) is 5.82 Å². The fraction of sp³-hybridized carbons (Fsp3) is 0.0833. The fourth-order valence-electron chi connectivity index (χ4n) is 1.61. The lowest BCUT2D eigenvalue weighted by Crippen LogP contribution is -2.18. The van der Waals surface area contributed by atoms with Crippen LogP contribution >= 0.6 is 0 Å². The molecule has 0 aliphatic heterocycles. The molecule has 0 fully saturated rings. The molecule has 1 aromatic heterocycles. The Morgan fingerprint density at radius 2 is 1.85 bits per heavy atom. The molecule has 2 aromatic rings. The molecule has 0 bridgehead atoms. The molecule has 0 radical (unpaired) electrons. The molecule has 0 atom stereocenters. The van der Waals surface area contributed by atoms with Crippen LogP contribution in [-0.4, -0.2) is 29.5 Å². The molecule has 2 rings (SSSR count). The van der Waals surface area contributed by atoms with Gasteiger partial charge in [-0.25, -0.2) is 23.2 Å². The molecule has 8 heteroatoms. The minimum absolute atomic E-state index is 0.0574. The van der Waals surface area contributed by atoms with E-state index in [1.807, 2.05) is 0 Å². The summed E-state index contributed by atoms with van der Waals surface area (Å²) >= 11 is 0. The predicted molar refractivity (Wildman–Crippen MR) is 71.0 cm³/mol. The van der Waals surface area contributed by atoms with Crippen molar-refractivity contribution >= 4 is 21.8 Å². The lowest BCUT2D eigenvalue weighted by molar-refractivity contribution is 0.0691. The third-order valence-electron chi connectivity index (χ3n) is 2.51. The summed E-state index contributed by atoms with van der Waals surface area (Å²) in [6.07, 6.45) is 2.39. The Hall–Kier alpha value is -2.48. The van der Waals surface area contributed by atoms with Gasteiger partial charge in [-0.15, -0.1) is 0 Å². The molecule has 1 aromatic carbocycles. The number of hydrogen-bond acceptors (Lipinski definition) is 5. The molecular weight excluding hydrogens is 282 g/mol. The van der Waals surface area contributed by atoms with Crippen LogP contribution in [0.3, 0.4) is 0 Å². The molecule has 0 saturated carbocycles. The maximum atomic E-state index is 12.2. The van der Waals surface area contributed by atoms with Gasteiger partial charge in [-0.3, -0.25) is 4.72 Å². The van der Waals surface area contributed by atoms with Crippen LogP contribution < -0.4 is 4.72 Å². The van der Waals surface area contributed by atoms with Crippen LogP contribution in [0.1, 0.15) is 16.1 Å². The summed E-state index contributed by atoms with van der Waals surface area (Å²) < 4.78 is 26.6. The highest BCUT2D eigenvalue weighted by molar-refractivity contribution is 7.92. The summed E-state index contributed by atoms with van der Waals surface area (Å²) in [7, 11) is -3.92. The first-order valence-corrected chi connectivity index (χ1v) is 7.03. The molecule has 2 N–H and O–H groups in total. The van der Waals surface area contributed by atoms with Gasteiger partial charge in [0.25, 0.3) is 10.0 Å². The molecule has 0 unspecified atom stereocenters. The monoisotopic (exact) mass is 293 g/mol. The van der Waals surface area contributed by atoms with Crippen molar-refractivity contribution in [3.8, 4) is 0 Å². The number of aryl methyl sites for hydroxylation is 1. The second-order valence-electron chi connectivity index (χ2n) is 3.93. The van der Waals surface area contributed by atoms with E-state index in [0.717, 1.165) is 0 Å². The van der Waals surface area contributed by atoms with Crippen molar-refractivity contribution in [2.24, 2.45) is 0 Å². The van der Waals surface area contributed by atoms with Gasteiger partial charge < -0.3 is 5.11 Å². The third-order valence-corrected chi connectivity index (χ3v) is 4.01. The van der Waals surface area contributed by atoms with Gasteiger partial charge >= 0.3 is 5.97 Å². The number of aromatic nitrogens is 2. The number of hydrogen-bond donors (Lipinski definition) is 2. The van der Waals surface area contributed by atoms with Crippen molar-refractivity contribution in [1.29, 1.82) is 0 Å². The number of sulfonamides is 1. The number of nitrogens with zero attached hydrogens (tertiary/aromatic N) is 2. The summed E-state index contributed by atoms with van der Waals surface area (Å²) in [5.41, 5.74) is 0.0884. The van der Waals surface area contributed by atoms with Crippen LogP contribution in [0, 0.1) is 6.92 Å². The van der Waals surface area contributed by atoms with Gasteiger partial charge in [0.2, 0.25) is 0 Å². The molecule has 0 saturated heterocycles. The number of benzene rings is 1. The lowest BCUT2D eigenvalue weighted by Gasteiger charge is -2.10. The van der Waals surface area contributed by atoms with E-state index in [1.54, 1.807) is 25.1 Å². The first kappa shape index (κ1) is 13.9. The van der Waals surface area contributed by atoms with E-state index in [9.17, 15) is 13.2 Å². The standard InChI is InChI=1S/C12H11N3O4S/c1-8-4-2-3-5-9(8)20(18,19)15-11-10(12(16)17)13-6-7-14-11/h2-7H,1H3,(H,14,15)(H,16,17). The van der Waals surface area contributed by atoms with Crippen molar-refractivity contribution in [3.63, 3.8) is 0 Å². The molecule has 7 nitrogen and oxygen atoms in total. The highest BCUT2D eigenvalue weighted by Crippen LogP contribution is 2.19. The topological polar surface area (TPSA) is 109 Å². The molecule has 20 heavy (non-hydrogen) atoms. The molecule has 0 spiro atoms. The number of nitrogens with one attached hydrogen (secondary N) is 1. The zero-order chi connectivity index (χ0) is 14.8. The molecule has 0 aliphatic rings. The van der Waals surface area contributed by atoms with Crippen molar-refractivity contribution in [1.82, 2.24) is 9.97 Å². The van der Waals surface area contributed by atoms with Crippen LogP contribution in [-0.2, 0) is 10.0 Å². The number of aromatic carboxylic acids is 1. The Balaban J connectivity index is 2.45. The Labute approximate surface area is 115 Å². The summed E-state index contributed by atoms with van der Waals surface area (Å²) in [5.74, 6) is -1.68. The van der Waals surface area contributed by atoms with E-state index in [-0.39, 0.29) is 10.7 Å². The normalized spacial score (nSPS) is 11.1. The number of carboxylic acids is 1. The van der Waals surface area contributed by atoms with Gasteiger partial charge in [0.15, 0.2) is 11.5 Å². The predicted octanol–water partition coefficient (Wildman–Crippen LogP) is 1.28. The van der Waals surface area contributed by atoms with Gasteiger partial charge in [0.05, 0.1) is 4.90 Å². The molecule has 0 amide bonds. The van der Waals surface area contributed by atoms with E-state index in [0.29, 0.717) is 5.56 Å². The van der Waals surface area contributed by atoms with Crippen molar-refractivity contribution in [3.05, 3.63) is 47.9 Å². The third kappa shape index (κ3) is 2.75. The van der Waals surface area contributed by atoms with Crippen molar-refractivity contribution < 1.29 is 18.3 Å². The number of carboxylic acid groups (broad SMARTS) is 1. The van der Waals surface area contributed by atoms with E-state index in [2.05, 4.69) is 14.7 Å². The first-order valence-electron chi connectivity index (χ1n) is 5.54. The van der Waals surface area contributed by atoms with Crippen LogP contribution in [0.15, 0.2) is 41.6 Å². The molecular formula is C12H11N3O4S. The zero-order valence-corrected chi connectivity index (χ0v) is 11.3. The van der Waals surface area contributed by atoms with E-state index < -0.39 is 21.7 Å². The Bertz CT molecular complexity index is 759. The highest BCUT2D eigenvalue weighted by atomic mass is 32.2. The summed E-state index contributed by atoms with van der Waals surface area (Å²) in [6.45, 7) is 1.64. The minimum atomic E-state index is -3.92. The smallest absolute Gasteiger partial charge is 0.358 e. The second-order valence-corrected chi connectivity index (χ2v) is 5.58. The number of rotatable bonds is 4. The van der Waals surface area contributed by atoms with Crippen LogP contribution in [0.2, 0.25) is 0 Å². The highest BCUT2D eigenvalue weighted by Gasteiger charge is 2.21. The van der Waals surface area contributed by atoms with Crippen molar-refractivity contribution in [2.45, 2.75) is 11.8 Å². The largest absolute Gasteiger partial charge is 0.476 e. The van der Waals surface area contributed by atoms with Gasteiger partial charge in [-0.1, -0.05) is 18.2 Å². The quantitative estimate of drug-likeness (QED) is 0.879. The molecule has 104 valence electrons.